The number of carboxylic acid groups (broad SMARTS) is 1. The van der Waals surface area contributed by atoms with E-state index in [4.69, 9.17) is 5.11 Å². The van der Waals surface area contributed by atoms with Crippen LogP contribution in [0, 0.1) is 5.92 Å². The van der Waals surface area contributed by atoms with Crippen molar-refractivity contribution in [3.05, 3.63) is 0 Å². The number of aliphatic hydroxyl groups is 1. The van der Waals surface area contributed by atoms with E-state index in [0.29, 0.717) is 12.5 Å². The van der Waals surface area contributed by atoms with Crippen molar-refractivity contribution < 1.29 is 15.0 Å². The van der Waals surface area contributed by atoms with Crippen molar-refractivity contribution in [3.8, 4) is 0 Å². The summed E-state index contributed by atoms with van der Waals surface area (Å²) in [6, 6.07) is 0.446. The van der Waals surface area contributed by atoms with Crippen LogP contribution in [0.1, 0.15) is 19.3 Å². The van der Waals surface area contributed by atoms with Gasteiger partial charge >= 0.3 is 5.97 Å². The van der Waals surface area contributed by atoms with E-state index in [9.17, 15) is 9.90 Å². The van der Waals surface area contributed by atoms with Crippen LogP contribution in [0.15, 0.2) is 0 Å². The van der Waals surface area contributed by atoms with Gasteiger partial charge < -0.3 is 10.2 Å². The van der Waals surface area contributed by atoms with Crippen LogP contribution in [0.2, 0.25) is 0 Å². The minimum Gasteiger partial charge on any atom is -0.481 e. The second-order valence-corrected chi connectivity index (χ2v) is 4.13. The molecule has 0 spiro atoms. The minimum absolute atomic E-state index is 0.0475. The van der Waals surface area contributed by atoms with Gasteiger partial charge in [-0.25, -0.2) is 0 Å². The number of carbonyl (C=O) groups is 1. The number of aliphatic carboxylic acids is 1. The first-order valence-electron chi connectivity index (χ1n) is 4.74. The molecule has 3 unspecified atom stereocenters. The first-order valence-corrected chi connectivity index (χ1v) is 4.74. The number of piperidine rings is 1. The highest BCUT2D eigenvalue weighted by Gasteiger charge is 2.48. The molecule has 0 radical (unpaired) electrons. The number of carboxylic acids is 1. The number of hydrogen-bond donors (Lipinski definition) is 2. The Hall–Kier alpha value is -0.610. The van der Waals surface area contributed by atoms with Gasteiger partial charge in [0.15, 0.2) is 0 Å². The van der Waals surface area contributed by atoms with Gasteiger partial charge in [-0.2, -0.15) is 0 Å². The highest BCUT2D eigenvalue weighted by atomic mass is 16.4. The molecule has 13 heavy (non-hydrogen) atoms. The lowest BCUT2D eigenvalue weighted by Gasteiger charge is -2.38. The summed E-state index contributed by atoms with van der Waals surface area (Å²) in [6.07, 6.45) is 1.91. The number of rotatable bonds is 1. The molecule has 0 aliphatic carbocycles. The third kappa shape index (κ3) is 1.25. The summed E-state index contributed by atoms with van der Waals surface area (Å²) in [5.74, 6) is -1.44. The summed E-state index contributed by atoms with van der Waals surface area (Å²) in [4.78, 5) is 13.0. The average molecular weight is 185 g/mol. The standard InChI is InChI=1S/C9H15NO3/c1-10-5-2-3-6(10)8(9(12)13)7(11)4-5/h5-8,11H,2-4H2,1H3,(H,12,13)/t5?,6-,7?,8?/m0/s1. The fourth-order valence-corrected chi connectivity index (χ4v) is 2.77. The zero-order valence-electron chi connectivity index (χ0n) is 7.68. The van der Waals surface area contributed by atoms with Crippen molar-refractivity contribution >= 4 is 5.97 Å². The Labute approximate surface area is 77.2 Å². The van der Waals surface area contributed by atoms with Crippen LogP contribution < -0.4 is 0 Å². The molecule has 2 heterocycles. The molecule has 0 amide bonds. The number of aliphatic hydroxyl groups excluding tert-OH is 1. The smallest absolute Gasteiger partial charge is 0.310 e. The predicted octanol–water partition coefficient (Wildman–Crippen LogP) is -0.0854. The van der Waals surface area contributed by atoms with Crippen LogP contribution in [0.5, 0.6) is 0 Å². The van der Waals surface area contributed by atoms with Crippen molar-refractivity contribution in [2.75, 3.05) is 7.05 Å². The van der Waals surface area contributed by atoms with Crippen molar-refractivity contribution in [2.45, 2.75) is 37.5 Å². The van der Waals surface area contributed by atoms with Gasteiger partial charge in [-0.1, -0.05) is 0 Å². The van der Waals surface area contributed by atoms with E-state index in [1.165, 1.54) is 0 Å². The van der Waals surface area contributed by atoms with Gasteiger partial charge in [0.1, 0.15) is 0 Å². The molecular formula is C9H15NO3. The largest absolute Gasteiger partial charge is 0.481 e. The highest BCUT2D eigenvalue weighted by Crippen LogP contribution is 2.38. The lowest BCUT2D eigenvalue weighted by atomic mass is 9.88. The predicted molar refractivity (Wildman–Crippen MR) is 46.3 cm³/mol. The number of nitrogens with zero attached hydrogens (tertiary/aromatic N) is 1. The first kappa shape index (κ1) is 8.97. The second kappa shape index (κ2) is 2.96. The molecule has 0 aromatic carbocycles. The van der Waals surface area contributed by atoms with Gasteiger partial charge in [0.05, 0.1) is 12.0 Å². The maximum Gasteiger partial charge on any atom is 0.310 e. The molecule has 2 saturated heterocycles. The minimum atomic E-state index is -0.857. The van der Waals surface area contributed by atoms with E-state index in [2.05, 4.69) is 4.90 Å². The van der Waals surface area contributed by atoms with Crippen molar-refractivity contribution in [1.82, 2.24) is 4.90 Å². The van der Waals surface area contributed by atoms with Gasteiger partial charge in [-0.15, -0.1) is 0 Å². The summed E-state index contributed by atoms with van der Waals surface area (Å²) >= 11 is 0. The van der Waals surface area contributed by atoms with Crippen LogP contribution in [0.3, 0.4) is 0 Å². The molecule has 2 bridgehead atoms. The third-order valence-electron chi connectivity index (χ3n) is 3.52. The van der Waals surface area contributed by atoms with E-state index in [1.807, 2.05) is 7.05 Å². The van der Waals surface area contributed by atoms with Gasteiger partial charge in [0.2, 0.25) is 0 Å². The van der Waals surface area contributed by atoms with Crippen molar-refractivity contribution in [1.29, 1.82) is 0 Å². The van der Waals surface area contributed by atoms with Gasteiger partial charge in [0, 0.05) is 12.1 Å². The summed E-state index contributed by atoms with van der Waals surface area (Å²) in [5.41, 5.74) is 0. The third-order valence-corrected chi connectivity index (χ3v) is 3.52. The molecule has 2 aliphatic heterocycles. The van der Waals surface area contributed by atoms with E-state index in [-0.39, 0.29) is 6.04 Å². The molecule has 4 heteroatoms. The average Bonchev–Trinajstić information content (AvgIpc) is 2.34. The Balaban J connectivity index is 2.21. The summed E-state index contributed by atoms with van der Waals surface area (Å²) < 4.78 is 0. The van der Waals surface area contributed by atoms with Gasteiger partial charge in [-0.05, 0) is 26.3 Å². The maximum absolute atomic E-state index is 10.9. The molecule has 74 valence electrons. The lowest BCUT2D eigenvalue weighted by Crippen LogP contribution is -2.51. The Morgan fingerprint density at radius 3 is 2.77 bits per heavy atom. The number of hydrogen-bond acceptors (Lipinski definition) is 3. The van der Waals surface area contributed by atoms with E-state index < -0.39 is 18.0 Å². The monoisotopic (exact) mass is 185 g/mol. The topological polar surface area (TPSA) is 60.8 Å². The maximum atomic E-state index is 10.9. The normalized spacial score (nSPS) is 45.1. The summed E-state index contributed by atoms with van der Waals surface area (Å²) in [7, 11) is 1.96. The van der Waals surface area contributed by atoms with E-state index >= 15 is 0 Å². The van der Waals surface area contributed by atoms with Gasteiger partial charge in [0.25, 0.3) is 0 Å². The summed E-state index contributed by atoms with van der Waals surface area (Å²) in [6.45, 7) is 0. The van der Waals surface area contributed by atoms with E-state index in [0.717, 1.165) is 12.8 Å². The van der Waals surface area contributed by atoms with Crippen molar-refractivity contribution in [2.24, 2.45) is 5.92 Å². The molecule has 0 saturated carbocycles. The van der Waals surface area contributed by atoms with Crippen LogP contribution in [-0.2, 0) is 4.79 Å². The molecule has 2 N–H and O–H groups in total. The van der Waals surface area contributed by atoms with Crippen LogP contribution in [0.4, 0.5) is 0 Å². The molecule has 2 aliphatic rings. The molecular weight excluding hydrogens is 170 g/mol. The Morgan fingerprint density at radius 2 is 2.15 bits per heavy atom. The quantitative estimate of drug-likeness (QED) is 0.599. The van der Waals surface area contributed by atoms with Crippen LogP contribution >= 0.6 is 0 Å². The second-order valence-electron chi connectivity index (χ2n) is 4.13. The molecule has 0 aromatic rings. The molecule has 2 fully saturated rings. The SMILES string of the molecule is CN1C2CC[C@H]1C(C(=O)O)C(O)C2. The Morgan fingerprint density at radius 1 is 1.46 bits per heavy atom. The number of fused-ring (bicyclic) bond motifs is 2. The highest BCUT2D eigenvalue weighted by molar-refractivity contribution is 5.72. The molecule has 0 aromatic heterocycles. The first-order chi connectivity index (χ1) is 6.11. The van der Waals surface area contributed by atoms with Crippen molar-refractivity contribution in [3.63, 3.8) is 0 Å². The molecule has 4 atom stereocenters. The Bertz CT molecular complexity index is 231. The molecule has 2 rings (SSSR count). The zero-order valence-corrected chi connectivity index (χ0v) is 7.68. The fraction of sp³-hybridized carbons (Fsp3) is 0.889. The van der Waals surface area contributed by atoms with Crippen LogP contribution in [0.25, 0.3) is 0 Å². The molecule has 4 nitrogen and oxygen atoms in total. The van der Waals surface area contributed by atoms with Crippen LogP contribution in [-0.4, -0.2) is 46.3 Å². The summed E-state index contributed by atoms with van der Waals surface area (Å²) in [5, 5.41) is 18.6. The fourth-order valence-electron chi connectivity index (χ4n) is 2.77. The van der Waals surface area contributed by atoms with E-state index in [1.54, 1.807) is 0 Å². The van der Waals surface area contributed by atoms with Gasteiger partial charge in [-0.3, -0.25) is 9.69 Å². The Kier molecular flexibility index (Phi) is 2.04. The lowest BCUT2D eigenvalue weighted by molar-refractivity contribution is -0.151. The zero-order chi connectivity index (χ0) is 9.59.